The first-order chi connectivity index (χ1) is 12.1. The van der Waals surface area contributed by atoms with E-state index in [9.17, 15) is 4.79 Å². The average molecular weight is 433 g/mol. The number of thiazole rings is 1. The van der Waals surface area contributed by atoms with E-state index in [0.29, 0.717) is 0 Å². The maximum atomic E-state index is 12.2. The van der Waals surface area contributed by atoms with Gasteiger partial charge in [-0.1, -0.05) is 51.2 Å². The van der Waals surface area contributed by atoms with Crippen LogP contribution in [0.15, 0.2) is 52.1 Å². The number of para-hydroxylation sites is 1. The normalized spacial score (nSPS) is 11.3. The summed E-state index contributed by atoms with van der Waals surface area (Å²) in [5, 5.41) is 12.1. The van der Waals surface area contributed by atoms with E-state index in [4.69, 9.17) is 0 Å². The lowest BCUT2D eigenvalue weighted by atomic mass is 10.2. The van der Waals surface area contributed by atoms with Crippen LogP contribution in [0.4, 0.5) is 5.69 Å². The molecule has 0 radical (unpaired) electrons. The Bertz CT molecular complexity index is 1090. The van der Waals surface area contributed by atoms with Gasteiger partial charge in [-0.25, -0.2) is 0 Å². The van der Waals surface area contributed by atoms with Crippen molar-refractivity contribution in [1.29, 1.82) is 0 Å². The molecule has 0 bridgehead atoms. The fraction of sp³-hybridized carbons (Fsp3) is 0.118. The maximum absolute atomic E-state index is 12.2. The van der Waals surface area contributed by atoms with Gasteiger partial charge in [0.2, 0.25) is 10.9 Å². The zero-order valence-electron chi connectivity index (χ0n) is 13.2. The van der Waals surface area contributed by atoms with Gasteiger partial charge >= 0.3 is 0 Å². The van der Waals surface area contributed by atoms with Gasteiger partial charge in [0, 0.05) is 10.2 Å². The van der Waals surface area contributed by atoms with Gasteiger partial charge in [-0.3, -0.25) is 9.20 Å². The lowest BCUT2D eigenvalue weighted by molar-refractivity contribution is -0.113. The number of fused-ring (bicyclic) bond motifs is 3. The van der Waals surface area contributed by atoms with Crippen molar-refractivity contribution in [3.05, 3.63) is 52.5 Å². The minimum Gasteiger partial charge on any atom is -0.325 e. The van der Waals surface area contributed by atoms with E-state index in [0.717, 1.165) is 36.1 Å². The molecule has 0 fully saturated rings. The largest absolute Gasteiger partial charge is 0.325 e. The van der Waals surface area contributed by atoms with Crippen LogP contribution in [0.3, 0.4) is 0 Å². The number of carbonyl (C=O) groups is 1. The fourth-order valence-electron chi connectivity index (χ4n) is 2.50. The minimum atomic E-state index is -0.0667. The molecule has 2 aromatic carbocycles. The number of anilines is 1. The van der Waals surface area contributed by atoms with Crippen LogP contribution in [0.2, 0.25) is 0 Å². The van der Waals surface area contributed by atoms with Crippen LogP contribution in [-0.2, 0) is 4.79 Å². The van der Waals surface area contributed by atoms with E-state index < -0.39 is 0 Å². The second-order valence-corrected chi connectivity index (χ2v) is 8.28. The molecule has 0 atom stereocenters. The molecule has 0 unspecified atom stereocenters. The molecule has 0 aliphatic rings. The lowest BCUT2D eigenvalue weighted by Gasteiger charge is -2.06. The zero-order valence-corrected chi connectivity index (χ0v) is 16.4. The quantitative estimate of drug-likeness (QED) is 0.472. The molecule has 126 valence electrons. The van der Waals surface area contributed by atoms with Gasteiger partial charge < -0.3 is 5.32 Å². The standard InChI is InChI=1S/C17H13BrN4OS2/c1-10-8-11(6-7-12(10)18)19-15(23)9-24-16-20-21-17-22(16)13-4-2-3-5-14(13)25-17/h2-8H,9H2,1H3,(H,19,23). The van der Waals surface area contributed by atoms with E-state index in [-0.39, 0.29) is 11.7 Å². The molecule has 0 saturated heterocycles. The Morgan fingerprint density at radius 1 is 1.28 bits per heavy atom. The number of hydrogen-bond donors (Lipinski definition) is 1. The summed E-state index contributed by atoms with van der Waals surface area (Å²) in [4.78, 5) is 13.1. The number of aromatic nitrogens is 3. The van der Waals surface area contributed by atoms with Gasteiger partial charge in [-0.2, -0.15) is 0 Å². The Morgan fingerprint density at radius 3 is 2.96 bits per heavy atom. The van der Waals surface area contributed by atoms with Gasteiger partial charge in [0.15, 0.2) is 5.16 Å². The van der Waals surface area contributed by atoms with Crippen LogP contribution in [0.5, 0.6) is 0 Å². The number of benzene rings is 2. The minimum absolute atomic E-state index is 0.0667. The highest BCUT2D eigenvalue weighted by Crippen LogP contribution is 2.29. The fourth-order valence-corrected chi connectivity index (χ4v) is 4.51. The Hall–Kier alpha value is -1.90. The van der Waals surface area contributed by atoms with Crippen LogP contribution < -0.4 is 5.32 Å². The van der Waals surface area contributed by atoms with Crippen molar-refractivity contribution in [3.63, 3.8) is 0 Å². The first-order valence-electron chi connectivity index (χ1n) is 7.53. The Labute approximate surface area is 160 Å². The van der Waals surface area contributed by atoms with E-state index in [1.165, 1.54) is 11.8 Å². The molecule has 0 spiro atoms. The van der Waals surface area contributed by atoms with Crippen molar-refractivity contribution >= 4 is 65.8 Å². The van der Waals surface area contributed by atoms with Gasteiger partial charge in [-0.05, 0) is 42.8 Å². The van der Waals surface area contributed by atoms with Crippen molar-refractivity contribution in [1.82, 2.24) is 14.6 Å². The third kappa shape index (κ3) is 3.29. The van der Waals surface area contributed by atoms with Gasteiger partial charge in [0.1, 0.15) is 0 Å². The maximum Gasteiger partial charge on any atom is 0.234 e. The van der Waals surface area contributed by atoms with Crippen molar-refractivity contribution in [3.8, 4) is 0 Å². The molecular formula is C17H13BrN4OS2. The van der Waals surface area contributed by atoms with E-state index in [2.05, 4.69) is 37.5 Å². The number of nitrogens with one attached hydrogen (secondary N) is 1. The highest BCUT2D eigenvalue weighted by molar-refractivity contribution is 9.10. The summed E-state index contributed by atoms with van der Waals surface area (Å²) in [7, 11) is 0. The third-order valence-electron chi connectivity index (χ3n) is 3.69. The summed E-state index contributed by atoms with van der Waals surface area (Å²) in [6, 6.07) is 13.8. The number of thioether (sulfide) groups is 1. The zero-order chi connectivity index (χ0) is 17.4. The first-order valence-corrected chi connectivity index (χ1v) is 10.1. The second-order valence-electron chi connectivity index (χ2n) is 5.47. The lowest BCUT2D eigenvalue weighted by Crippen LogP contribution is -2.14. The highest BCUT2D eigenvalue weighted by atomic mass is 79.9. The predicted molar refractivity (Wildman–Crippen MR) is 107 cm³/mol. The monoisotopic (exact) mass is 432 g/mol. The van der Waals surface area contributed by atoms with E-state index in [1.807, 2.05) is 47.7 Å². The number of rotatable bonds is 4. The second kappa shape index (κ2) is 6.78. The van der Waals surface area contributed by atoms with Crippen LogP contribution in [0, 0.1) is 6.92 Å². The number of amides is 1. The molecule has 4 aromatic rings. The number of nitrogens with zero attached hydrogens (tertiary/aromatic N) is 3. The molecule has 2 aromatic heterocycles. The summed E-state index contributed by atoms with van der Waals surface area (Å²) >= 11 is 6.44. The number of aryl methyl sites for hydroxylation is 1. The third-order valence-corrected chi connectivity index (χ3v) is 6.52. The topological polar surface area (TPSA) is 59.3 Å². The van der Waals surface area contributed by atoms with E-state index >= 15 is 0 Å². The summed E-state index contributed by atoms with van der Waals surface area (Å²) in [5.41, 5.74) is 2.94. The molecule has 1 amide bonds. The molecule has 1 N–H and O–H groups in total. The Morgan fingerprint density at radius 2 is 2.12 bits per heavy atom. The molecule has 8 heteroatoms. The molecule has 25 heavy (non-hydrogen) atoms. The summed E-state index contributed by atoms with van der Waals surface area (Å²) < 4.78 is 4.18. The smallest absolute Gasteiger partial charge is 0.234 e. The SMILES string of the molecule is Cc1cc(NC(=O)CSc2nnc3sc4ccccc4n23)ccc1Br. The van der Waals surface area contributed by atoms with Crippen LogP contribution in [0.25, 0.3) is 15.2 Å². The van der Waals surface area contributed by atoms with Crippen molar-refractivity contribution in [2.45, 2.75) is 12.1 Å². The Balaban J connectivity index is 1.50. The first kappa shape index (κ1) is 16.6. The van der Waals surface area contributed by atoms with Gasteiger partial charge in [0.05, 0.1) is 16.0 Å². The summed E-state index contributed by atoms with van der Waals surface area (Å²) in [6.07, 6.45) is 0. The summed E-state index contributed by atoms with van der Waals surface area (Å²) in [5.74, 6) is 0.211. The molecule has 5 nitrogen and oxygen atoms in total. The number of carbonyl (C=O) groups excluding carboxylic acids is 1. The molecule has 4 rings (SSSR count). The van der Waals surface area contributed by atoms with Crippen molar-refractivity contribution < 1.29 is 4.79 Å². The molecule has 2 heterocycles. The number of hydrogen-bond acceptors (Lipinski definition) is 5. The van der Waals surface area contributed by atoms with Crippen LogP contribution in [-0.4, -0.2) is 26.3 Å². The highest BCUT2D eigenvalue weighted by Gasteiger charge is 2.14. The van der Waals surface area contributed by atoms with E-state index in [1.54, 1.807) is 11.3 Å². The van der Waals surface area contributed by atoms with Crippen LogP contribution >= 0.6 is 39.0 Å². The molecule has 0 aliphatic heterocycles. The molecule has 0 aliphatic carbocycles. The molecule has 0 saturated carbocycles. The summed E-state index contributed by atoms with van der Waals surface area (Å²) in [6.45, 7) is 1.99. The van der Waals surface area contributed by atoms with Crippen molar-refractivity contribution in [2.75, 3.05) is 11.1 Å². The van der Waals surface area contributed by atoms with Gasteiger partial charge in [0.25, 0.3) is 0 Å². The predicted octanol–water partition coefficient (Wildman–Crippen LogP) is 4.75. The average Bonchev–Trinajstić information content (AvgIpc) is 3.15. The molecular weight excluding hydrogens is 420 g/mol. The van der Waals surface area contributed by atoms with Crippen LogP contribution in [0.1, 0.15) is 5.56 Å². The van der Waals surface area contributed by atoms with Crippen molar-refractivity contribution in [2.24, 2.45) is 0 Å². The Kier molecular flexibility index (Phi) is 4.49. The van der Waals surface area contributed by atoms with Gasteiger partial charge in [-0.15, -0.1) is 10.2 Å². The number of halogens is 1.